The van der Waals surface area contributed by atoms with Crippen LogP contribution in [0, 0.1) is 5.92 Å². The zero-order valence-corrected chi connectivity index (χ0v) is 14.1. The Morgan fingerprint density at radius 1 is 1.33 bits per heavy atom. The molecule has 126 valence electrons. The van der Waals surface area contributed by atoms with Crippen molar-refractivity contribution >= 4 is 5.97 Å². The van der Waals surface area contributed by atoms with Crippen LogP contribution in [0.3, 0.4) is 0 Å². The Morgan fingerprint density at radius 3 is 2.88 bits per heavy atom. The van der Waals surface area contributed by atoms with Crippen LogP contribution in [-0.4, -0.2) is 45.1 Å². The van der Waals surface area contributed by atoms with Crippen molar-refractivity contribution in [3.63, 3.8) is 0 Å². The molecule has 0 unspecified atom stereocenters. The average molecular weight is 325 g/mol. The molecule has 2 aromatic rings. The molecule has 0 spiro atoms. The topological polar surface area (TPSA) is 66.3 Å². The maximum absolute atomic E-state index is 11.1. The first kappa shape index (κ1) is 16.6. The summed E-state index contributed by atoms with van der Waals surface area (Å²) in [5.74, 6) is -0.300. The van der Waals surface area contributed by atoms with Crippen molar-refractivity contribution in [2.75, 3.05) is 13.1 Å². The number of nitrogens with zero attached hydrogens (tertiary/aromatic N) is 3. The van der Waals surface area contributed by atoms with Gasteiger partial charge in [0.25, 0.3) is 0 Å². The monoisotopic (exact) mass is 325 g/mol. The van der Waals surface area contributed by atoms with Crippen molar-refractivity contribution in [1.29, 1.82) is 0 Å². The Labute approximate surface area is 142 Å². The standard InChI is InChI=1S/C19H23N3O2/c1-13(2)22-7-6-14(11-22)8-17-10-18(21-12-20-17)15-4-3-5-16(9-15)19(23)24/h3-5,9-10,12-14H,6-8,11H2,1-2H3,(H,23,24)/t14-/m0/s1. The highest BCUT2D eigenvalue weighted by Gasteiger charge is 2.24. The molecule has 24 heavy (non-hydrogen) atoms. The van der Waals surface area contributed by atoms with E-state index in [1.165, 1.54) is 6.42 Å². The summed E-state index contributed by atoms with van der Waals surface area (Å²) in [4.78, 5) is 22.4. The number of carboxylic acid groups (broad SMARTS) is 1. The molecule has 0 bridgehead atoms. The Kier molecular flexibility index (Phi) is 4.90. The molecular formula is C19H23N3O2. The summed E-state index contributed by atoms with van der Waals surface area (Å²) in [7, 11) is 0. The normalized spacial score (nSPS) is 18.2. The molecule has 0 amide bonds. The highest BCUT2D eigenvalue weighted by molar-refractivity contribution is 5.89. The van der Waals surface area contributed by atoms with Crippen molar-refractivity contribution < 1.29 is 9.90 Å². The SMILES string of the molecule is CC(C)N1CC[C@@H](Cc2cc(-c3cccc(C(=O)O)c3)ncn2)C1. The molecule has 1 aromatic carbocycles. The number of aromatic nitrogens is 2. The van der Waals surface area contributed by atoms with Crippen LogP contribution in [0.2, 0.25) is 0 Å². The smallest absolute Gasteiger partial charge is 0.335 e. The summed E-state index contributed by atoms with van der Waals surface area (Å²) in [5, 5.41) is 9.13. The summed E-state index contributed by atoms with van der Waals surface area (Å²) < 4.78 is 0. The van der Waals surface area contributed by atoms with Crippen molar-refractivity contribution in [2.24, 2.45) is 5.92 Å². The molecule has 3 rings (SSSR count). The van der Waals surface area contributed by atoms with Gasteiger partial charge in [0, 0.05) is 23.8 Å². The zero-order chi connectivity index (χ0) is 17.1. The molecule has 2 heterocycles. The second kappa shape index (κ2) is 7.09. The highest BCUT2D eigenvalue weighted by atomic mass is 16.4. The lowest BCUT2D eigenvalue weighted by molar-refractivity contribution is 0.0697. The molecule has 5 heteroatoms. The molecule has 1 atom stereocenters. The number of benzene rings is 1. The van der Waals surface area contributed by atoms with Gasteiger partial charge in [-0.05, 0) is 57.4 Å². The second-order valence-electron chi connectivity index (χ2n) is 6.73. The average Bonchev–Trinajstić information content (AvgIpc) is 3.04. The van der Waals surface area contributed by atoms with Crippen molar-refractivity contribution in [3.05, 3.63) is 47.9 Å². The van der Waals surface area contributed by atoms with Crippen molar-refractivity contribution in [1.82, 2.24) is 14.9 Å². The number of carboxylic acids is 1. The van der Waals surface area contributed by atoms with Gasteiger partial charge in [-0.3, -0.25) is 0 Å². The molecule has 1 fully saturated rings. The minimum Gasteiger partial charge on any atom is -0.478 e. The maximum Gasteiger partial charge on any atom is 0.335 e. The summed E-state index contributed by atoms with van der Waals surface area (Å²) in [6.45, 7) is 6.74. The maximum atomic E-state index is 11.1. The van der Waals surface area contributed by atoms with E-state index in [-0.39, 0.29) is 5.56 Å². The van der Waals surface area contributed by atoms with Crippen LogP contribution in [0.4, 0.5) is 0 Å². The highest BCUT2D eigenvalue weighted by Crippen LogP contribution is 2.24. The Hall–Kier alpha value is -2.27. The van der Waals surface area contributed by atoms with Gasteiger partial charge in [-0.15, -0.1) is 0 Å². The van der Waals surface area contributed by atoms with E-state index < -0.39 is 5.97 Å². The largest absolute Gasteiger partial charge is 0.478 e. The van der Waals surface area contributed by atoms with Gasteiger partial charge in [0.15, 0.2) is 0 Å². The zero-order valence-electron chi connectivity index (χ0n) is 14.1. The van der Waals surface area contributed by atoms with Gasteiger partial charge in [0.2, 0.25) is 0 Å². The summed E-state index contributed by atoms with van der Waals surface area (Å²) in [6.07, 6.45) is 3.72. The van der Waals surface area contributed by atoms with Gasteiger partial charge in [0.1, 0.15) is 6.33 Å². The van der Waals surface area contributed by atoms with Crippen LogP contribution in [0.5, 0.6) is 0 Å². The lowest BCUT2D eigenvalue weighted by atomic mass is 10.0. The lowest BCUT2D eigenvalue weighted by Gasteiger charge is -2.20. The number of rotatable bonds is 5. The van der Waals surface area contributed by atoms with Crippen LogP contribution < -0.4 is 0 Å². The number of carbonyl (C=O) groups is 1. The predicted molar refractivity (Wildman–Crippen MR) is 92.9 cm³/mol. The van der Waals surface area contributed by atoms with Gasteiger partial charge in [0.05, 0.1) is 11.3 Å². The third-order valence-electron chi connectivity index (χ3n) is 4.67. The number of hydrogen-bond acceptors (Lipinski definition) is 4. The number of hydrogen-bond donors (Lipinski definition) is 1. The van der Waals surface area contributed by atoms with Crippen LogP contribution in [0.25, 0.3) is 11.3 Å². The fourth-order valence-corrected chi connectivity index (χ4v) is 3.27. The summed E-state index contributed by atoms with van der Waals surface area (Å²) >= 11 is 0. The van der Waals surface area contributed by atoms with Crippen molar-refractivity contribution in [3.8, 4) is 11.3 Å². The molecule has 1 aliphatic rings. The van der Waals surface area contributed by atoms with Crippen LogP contribution in [-0.2, 0) is 6.42 Å². The second-order valence-corrected chi connectivity index (χ2v) is 6.73. The minimum atomic E-state index is -0.925. The van der Waals surface area contributed by atoms with E-state index in [0.29, 0.717) is 12.0 Å². The van der Waals surface area contributed by atoms with E-state index in [4.69, 9.17) is 5.11 Å². The Morgan fingerprint density at radius 2 is 2.17 bits per heavy atom. The Bertz CT molecular complexity index is 730. The van der Waals surface area contributed by atoms with E-state index in [1.807, 2.05) is 12.1 Å². The first-order chi connectivity index (χ1) is 11.5. The van der Waals surface area contributed by atoms with Crippen LogP contribution >= 0.6 is 0 Å². The van der Waals surface area contributed by atoms with Crippen LogP contribution in [0.15, 0.2) is 36.7 Å². The number of likely N-dealkylation sites (tertiary alicyclic amines) is 1. The molecule has 1 N–H and O–H groups in total. The molecule has 5 nitrogen and oxygen atoms in total. The number of aromatic carboxylic acids is 1. The van der Waals surface area contributed by atoms with Gasteiger partial charge in [-0.25, -0.2) is 14.8 Å². The van der Waals surface area contributed by atoms with E-state index in [9.17, 15) is 4.79 Å². The Balaban J connectivity index is 1.75. The molecule has 1 saturated heterocycles. The third-order valence-corrected chi connectivity index (χ3v) is 4.67. The molecule has 1 aliphatic heterocycles. The predicted octanol–water partition coefficient (Wildman–Crippen LogP) is 3.11. The van der Waals surface area contributed by atoms with Gasteiger partial charge in [-0.2, -0.15) is 0 Å². The fourth-order valence-electron chi connectivity index (χ4n) is 3.27. The fraction of sp³-hybridized carbons (Fsp3) is 0.421. The molecule has 1 aromatic heterocycles. The molecular weight excluding hydrogens is 302 g/mol. The summed E-state index contributed by atoms with van der Waals surface area (Å²) in [6, 6.07) is 9.46. The quantitative estimate of drug-likeness (QED) is 0.915. The van der Waals surface area contributed by atoms with E-state index >= 15 is 0 Å². The molecule has 0 aliphatic carbocycles. The summed E-state index contributed by atoms with van der Waals surface area (Å²) in [5.41, 5.74) is 2.89. The molecule has 0 radical (unpaired) electrons. The molecule has 0 saturated carbocycles. The minimum absolute atomic E-state index is 0.274. The van der Waals surface area contributed by atoms with E-state index in [0.717, 1.165) is 36.5 Å². The first-order valence-corrected chi connectivity index (χ1v) is 8.41. The third kappa shape index (κ3) is 3.79. The van der Waals surface area contributed by atoms with E-state index in [2.05, 4.69) is 28.7 Å². The first-order valence-electron chi connectivity index (χ1n) is 8.41. The lowest BCUT2D eigenvalue weighted by Crippen LogP contribution is -2.28. The van der Waals surface area contributed by atoms with Gasteiger partial charge < -0.3 is 10.0 Å². The van der Waals surface area contributed by atoms with Gasteiger partial charge >= 0.3 is 5.97 Å². The van der Waals surface area contributed by atoms with E-state index in [1.54, 1.807) is 24.5 Å². The van der Waals surface area contributed by atoms with Gasteiger partial charge in [-0.1, -0.05) is 12.1 Å². The van der Waals surface area contributed by atoms with Crippen molar-refractivity contribution in [2.45, 2.75) is 32.7 Å². The van der Waals surface area contributed by atoms with Crippen LogP contribution in [0.1, 0.15) is 36.3 Å².